The van der Waals surface area contributed by atoms with E-state index in [2.05, 4.69) is 5.43 Å². The Hall–Kier alpha value is -1.04. The normalized spacial score (nSPS) is 18.8. The van der Waals surface area contributed by atoms with Gasteiger partial charge in [0.1, 0.15) is 0 Å². The number of hydrazine groups is 1. The van der Waals surface area contributed by atoms with E-state index in [9.17, 15) is 4.79 Å². The summed E-state index contributed by atoms with van der Waals surface area (Å²) in [6, 6.07) is 7.55. The van der Waals surface area contributed by atoms with E-state index in [1.165, 1.54) is 0 Å². The molecule has 1 fully saturated rings. The van der Waals surface area contributed by atoms with Crippen molar-refractivity contribution in [3.63, 3.8) is 0 Å². The molecule has 5 heteroatoms. The molecule has 1 heterocycles. The molecule has 0 bridgehead atoms. The summed E-state index contributed by atoms with van der Waals surface area (Å²) in [6.45, 7) is 0.886. The van der Waals surface area contributed by atoms with Gasteiger partial charge >= 0.3 is 0 Å². The van der Waals surface area contributed by atoms with Crippen LogP contribution in [0.25, 0.3) is 0 Å². The zero-order valence-corrected chi connectivity index (χ0v) is 11.0. The molecule has 0 aliphatic carbocycles. The molecule has 1 aromatic carbocycles. The molecular weight excluding hydrogens is 248 g/mol. The maximum absolute atomic E-state index is 11.6. The number of hydrogen-bond acceptors (Lipinski definition) is 4. The molecule has 1 amide bonds. The third-order valence-electron chi connectivity index (χ3n) is 2.98. The zero-order valence-electron chi connectivity index (χ0n) is 10.2. The number of ether oxygens (including phenoxy) is 1. The van der Waals surface area contributed by atoms with Gasteiger partial charge in [-0.15, -0.1) is 0 Å². The van der Waals surface area contributed by atoms with Crippen molar-refractivity contribution in [3.05, 3.63) is 35.4 Å². The van der Waals surface area contributed by atoms with Crippen LogP contribution in [-0.2, 0) is 10.5 Å². The van der Waals surface area contributed by atoms with E-state index < -0.39 is 0 Å². The van der Waals surface area contributed by atoms with Crippen LogP contribution in [0.1, 0.15) is 28.8 Å². The average Bonchev–Trinajstić information content (AvgIpc) is 2.92. The van der Waals surface area contributed by atoms with Crippen molar-refractivity contribution >= 4 is 17.7 Å². The highest BCUT2D eigenvalue weighted by molar-refractivity contribution is 7.98. The van der Waals surface area contributed by atoms with E-state index in [1.807, 2.05) is 18.2 Å². The number of nitrogens with one attached hydrogen (secondary N) is 1. The first-order valence-electron chi connectivity index (χ1n) is 6.09. The van der Waals surface area contributed by atoms with Crippen molar-refractivity contribution in [2.75, 3.05) is 12.4 Å². The van der Waals surface area contributed by atoms with Crippen molar-refractivity contribution in [2.45, 2.75) is 24.7 Å². The molecule has 1 atom stereocenters. The highest BCUT2D eigenvalue weighted by atomic mass is 32.2. The Morgan fingerprint density at radius 1 is 1.50 bits per heavy atom. The Balaban J connectivity index is 1.89. The molecule has 98 valence electrons. The molecular formula is C13H18N2O2S. The highest BCUT2D eigenvalue weighted by Crippen LogP contribution is 2.21. The summed E-state index contributed by atoms with van der Waals surface area (Å²) in [7, 11) is 0. The van der Waals surface area contributed by atoms with Crippen LogP contribution in [0.2, 0.25) is 0 Å². The maximum Gasteiger partial charge on any atom is 0.265 e. The van der Waals surface area contributed by atoms with Crippen LogP contribution in [-0.4, -0.2) is 24.4 Å². The lowest BCUT2D eigenvalue weighted by molar-refractivity contribution is 0.0953. The standard InChI is InChI=1S/C13H18N2O2S/c14-15-13(16)12-6-2-1-4-10(12)8-18-9-11-5-3-7-17-11/h1-2,4,6,11H,3,5,7-9,14H2,(H,15,16). The number of nitrogen functional groups attached to an aromatic ring is 1. The first-order chi connectivity index (χ1) is 8.81. The van der Waals surface area contributed by atoms with Gasteiger partial charge in [-0.05, 0) is 24.5 Å². The number of rotatable bonds is 5. The third-order valence-corrected chi connectivity index (χ3v) is 4.10. The zero-order chi connectivity index (χ0) is 12.8. The molecule has 1 saturated heterocycles. The second kappa shape index (κ2) is 6.78. The topological polar surface area (TPSA) is 64.3 Å². The van der Waals surface area contributed by atoms with Crippen molar-refractivity contribution in [3.8, 4) is 0 Å². The number of amides is 1. The Morgan fingerprint density at radius 2 is 2.33 bits per heavy atom. The van der Waals surface area contributed by atoms with E-state index in [0.717, 1.165) is 36.5 Å². The molecule has 1 aromatic rings. The SMILES string of the molecule is NNC(=O)c1ccccc1CSCC1CCCO1. The van der Waals surface area contributed by atoms with Crippen LogP contribution in [0.4, 0.5) is 0 Å². The summed E-state index contributed by atoms with van der Waals surface area (Å²) in [5.41, 5.74) is 3.85. The van der Waals surface area contributed by atoms with Gasteiger partial charge in [0.25, 0.3) is 5.91 Å². The van der Waals surface area contributed by atoms with Gasteiger partial charge in [-0.3, -0.25) is 10.2 Å². The fourth-order valence-corrected chi connectivity index (χ4v) is 3.14. The Kier molecular flexibility index (Phi) is 5.04. The summed E-state index contributed by atoms with van der Waals surface area (Å²) in [6.07, 6.45) is 2.69. The van der Waals surface area contributed by atoms with Crippen LogP contribution in [0.5, 0.6) is 0 Å². The molecule has 2 rings (SSSR count). The minimum atomic E-state index is -0.233. The molecule has 1 aliphatic rings. The minimum Gasteiger partial charge on any atom is -0.377 e. The molecule has 1 unspecified atom stereocenters. The summed E-state index contributed by atoms with van der Waals surface area (Å²) in [5, 5.41) is 0. The number of carbonyl (C=O) groups excluding carboxylic acids is 1. The van der Waals surface area contributed by atoms with Gasteiger partial charge in [0.05, 0.1) is 6.10 Å². The van der Waals surface area contributed by atoms with Gasteiger partial charge in [-0.25, -0.2) is 5.84 Å². The second-order valence-corrected chi connectivity index (χ2v) is 5.31. The maximum atomic E-state index is 11.6. The van der Waals surface area contributed by atoms with Gasteiger partial charge < -0.3 is 4.74 Å². The van der Waals surface area contributed by atoms with Crippen LogP contribution in [0.3, 0.4) is 0 Å². The minimum absolute atomic E-state index is 0.233. The lowest BCUT2D eigenvalue weighted by Crippen LogP contribution is -2.30. The van der Waals surface area contributed by atoms with Gasteiger partial charge in [0, 0.05) is 23.7 Å². The van der Waals surface area contributed by atoms with Crippen molar-refractivity contribution in [2.24, 2.45) is 5.84 Å². The summed E-state index contributed by atoms with van der Waals surface area (Å²) in [4.78, 5) is 11.6. The summed E-state index contributed by atoms with van der Waals surface area (Å²) in [5.74, 6) is 6.74. The second-order valence-electron chi connectivity index (χ2n) is 4.28. The van der Waals surface area contributed by atoms with Crippen molar-refractivity contribution < 1.29 is 9.53 Å². The van der Waals surface area contributed by atoms with Gasteiger partial charge in [-0.1, -0.05) is 18.2 Å². The predicted molar refractivity (Wildman–Crippen MR) is 73.2 cm³/mol. The lowest BCUT2D eigenvalue weighted by Gasteiger charge is -2.10. The molecule has 4 nitrogen and oxygen atoms in total. The Bertz CT molecular complexity index is 406. The lowest BCUT2D eigenvalue weighted by atomic mass is 10.1. The van der Waals surface area contributed by atoms with Crippen LogP contribution >= 0.6 is 11.8 Å². The highest BCUT2D eigenvalue weighted by Gasteiger charge is 2.16. The Labute approximate surface area is 111 Å². The third kappa shape index (κ3) is 3.48. The number of carbonyl (C=O) groups is 1. The Morgan fingerprint density at radius 3 is 3.06 bits per heavy atom. The number of thioether (sulfide) groups is 1. The monoisotopic (exact) mass is 266 g/mol. The van der Waals surface area contributed by atoms with Gasteiger partial charge in [-0.2, -0.15) is 11.8 Å². The smallest absolute Gasteiger partial charge is 0.265 e. The van der Waals surface area contributed by atoms with E-state index >= 15 is 0 Å². The molecule has 0 saturated carbocycles. The van der Waals surface area contributed by atoms with E-state index in [-0.39, 0.29) is 5.91 Å². The largest absolute Gasteiger partial charge is 0.377 e. The first-order valence-corrected chi connectivity index (χ1v) is 7.25. The molecule has 18 heavy (non-hydrogen) atoms. The quantitative estimate of drug-likeness (QED) is 0.484. The average molecular weight is 266 g/mol. The van der Waals surface area contributed by atoms with E-state index in [4.69, 9.17) is 10.6 Å². The van der Waals surface area contributed by atoms with Crippen LogP contribution in [0.15, 0.2) is 24.3 Å². The molecule has 0 aromatic heterocycles. The predicted octanol–water partition coefficient (Wildman–Crippen LogP) is 1.70. The molecule has 1 aliphatic heterocycles. The molecule has 3 N–H and O–H groups in total. The fourth-order valence-electron chi connectivity index (χ4n) is 2.02. The van der Waals surface area contributed by atoms with Gasteiger partial charge in [0.2, 0.25) is 0 Å². The summed E-state index contributed by atoms with van der Waals surface area (Å²) < 4.78 is 5.57. The number of hydrogen-bond donors (Lipinski definition) is 2. The number of benzene rings is 1. The van der Waals surface area contributed by atoms with E-state index in [0.29, 0.717) is 11.7 Å². The van der Waals surface area contributed by atoms with Gasteiger partial charge in [0.15, 0.2) is 0 Å². The molecule has 0 spiro atoms. The first kappa shape index (κ1) is 13.4. The van der Waals surface area contributed by atoms with Crippen LogP contribution < -0.4 is 11.3 Å². The van der Waals surface area contributed by atoms with Crippen molar-refractivity contribution in [1.82, 2.24) is 5.43 Å². The molecule has 0 radical (unpaired) electrons. The van der Waals surface area contributed by atoms with E-state index in [1.54, 1.807) is 17.8 Å². The fraction of sp³-hybridized carbons (Fsp3) is 0.462. The van der Waals surface area contributed by atoms with Crippen LogP contribution in [0, 0.1) is 0 Å². The summed E-state index contributed by atoms with van der Waals surface area (Å²) >= 11 is 1.80. The number of nitrogens with two attached hydrogens (primary N) is 1. The van der Waals surface area contributed by atoms with Crippen molar-refractivity contribution in [1.29, 1.82) is 0 Å².